The van der Waals surface area contributed by atoms with Crippen LogP contribution in [0.1, 0.15) is 47.6 Å². The summed E-state index contributed by atoms with van der Waals surface area (Å²) in [5, 5.41) is 16.6. The molecule has 3 amide bonds. The average Bonchev–Trinajstić information content (AvgIpc) is 2.87. The van der Waals surface area contributed by atoms with Crippen LogP contribution in [0.15, 0.2) is 12.1 Å². The molecule has 8 heteroatoms. The van der Waals surface area contributed by atoms with E-state index in [2.05, 4.69) is 30.7 Å². The maximum absolute atomic E-state index is 12.2. The van der Waals surface area contributed by atoms with E-state index in [1.165, 1.54) is 6.42 Å². The lowest BCUT2D eigenvalue weighted by Gasteiger charge is -2.13. The van der Waals surface area contributed by atoms with Gasteiger partial charge >= 0.3 is 6.03 Å². The first-order valence-corrected chi connectivity index (χ1v) is 9.74. The first-order chi connectivity index (χ1) is 13.4. The zero-order valence-electron chi connectivity index (χ0n) is 16.8. The maximum atomic E-state index is 12.2. The number of fused-ring (bicyclic) bond motifs is 1. The van der Waals surface area contributed by atoms with Gasteiger partial charge in [0.05, 0.1) is 13.1 Å². The number of nitrogens with zero attached hydrogens (tertiary/aromatic N) is 3. The third-order valence-corrected chi connectivity index (χ3v) is 4.94. The van der Waals surface area contributed by atoms with Crippen LogP contribution in [0.2, 0.25) is 0 Å². The molecule has 1 aliphatic heterocycles. The number of benzene rings is 1. The average molecular weight is 384 g/mol. The number of carbonyl (C=O) groups is 2. The predicted molar refractivity (Wildman–Crippen MR) is 107 cm³/mol. The van der Waals surface area contributed by atoms with E-state index in [0.717, 1.165) is 59.8 Å². The van der Waals surface area contributed by atoms with Crippen molar-refractivity contribution in [3.63, 3.8) is 0 Å². The van der Waals surface area contributed by atoms with Crippen molar-refractivity contribution in [3.05, 3.63) is 40.5 Å². The number of aryl methyl sites for hydroxylation is 4. The molecule has 1 aliphatic rings. The summed E-state index contributed by atoms with van der Waals surface area (Å²) in [6.45, 7) is 7.01. The molecule has 3 N–H and O–H groups in total. The largest absolute Gasteiger partial charge is 0.331 e. The number of rotatable bonds is 5. The number of aromatic nitrogens is 3. The van der Waals surface area contributed by atoms with E-state index < -0.39 is 6.03 Å². The van der Waals surface area contributed by atoms with E-state index in [9.17, 15) is 9.59 Å². The first kappa shape index (κ1) is 19.9. The van der Waals surface area contributed by atoms with Gasteiger partial charge in [-0.3, -0.25) is 4.79 Å². The van der Waals surface area contributed by atoms with Crippen LogP contribution in [0.3, 0.4) is 0 Å². The summed E-state index contributed by atoms with van der Waals surface area (Å²) in [4.78, 5) is 24.2. The smallest absolute Gasteiger partial charge is 0.315 e. The summed E-state index contributed by atoms with van der Waals surface area (Å²) in [5.74, 6) is 1.47. The zero-order chi connectivity index (χ0) is 20.1. The Balaban J connectivity index is 1.47. The Morgan fingerprint density at radius 2 is 1.79 bits per heavy atom. The molecule has 0 unspecified atom stereocenters. The Hall–Kier alpha value is -2.90. The number of nitrogens with one attached hydrogen (secondary N) is 3. The second kappa shape index (κ2) is 8.86. The molecule has 8 nitrogen and oxygen atoms in total. The molecule has 0 bridgehead atoms. The molecule has 0 atom stereocenters. The fourth-order valence-corrected chi connectivity index (χ4v) is 3.62. The second-order valence-corrected chi connectivity index (χ2v) is 7.35. The molecule has 1 aromatic carbocycles. The summed E-state index contributed by atoms with van der Waals surface area (Å²) < 4.78 is 2.09. The lowest BCUT2D eigenvalue weighted by atomic mass is 10.1. The molecule has 150 valence electrons. The Morgan fingerprint density at radius 1 is 1.04 bits per heavy atom. The number of hydrogen-bond acceptors (Lipinski definition) is 4. The number of hydrogen-bond donors (Lipinski definition) is 3. The molecular weight excluding hydrogens is 356 g/mol. The lowest BCUT2D eigenvalue weighted by Crippen LogP contribution is -2.40. The highest BCUT2D eigenvalue weighted by molar-refractivity contribution is 5.95. The lowest BCUT2D eigenvalue weighted by molar-refractivity contribution is -0.115. The molecule has 0 spiro atoms. The number of anilines is 1. The molecule has 0 saturated heterocycles. The van der Waals surface area contributed by atoms with Crippen LogP contribution >= 0.6 is 0 Å². The van der Waals surface area contributed by atoms with Gasteiger partial charge in [-0.15, -0.1) is 10.2 Å². The summed E-state index contributed by atoms with van der Waals surface area (Å²) in [6.07, 6.45) is 4.34. The third-order valence-electron chi connectivity index (χ3n) is 4.94. The van der Waals surface area contributed by atoms with E-state index in [-0.39, 0.29) is 19.0 Å². The molecule has 28 heavy (non-hydrogen) atoms. The minimum Gasteiger partial charge on any atom is -0.331 e. The Labute approximate surface area is 165 Å². The van der Waals surface area contributed by atoms with Gasteiger partial charge in [-0.05, 0) is 44.7 Å². The SMILES string of the molecule is Cc1cc(C)c(NC(=O)CNC(=O)NCc2nnc3n2CCCCC3)c(C)c1. The van der Waals surface area contributed by atoms with E-state index in [1.54, 1.807) is 0 Å². The van der Waals surface area contributed by atoms with Crippen molar-refractivity contribution in [3.8, 4) is 0 Å². The number of amides is 3. The fraction of sp³-hybridized carbons (Fsp3) is 0.500. The molecule has 0 fully saturated rings. The quantitative estimate of drug-likeness (QED) is 0.737. The van der Waals surface area contributed by atoms with Crippen molar-refractivity contribution in [1.82, 2.24) is 25.4 Å². The van der Waals surface area contributed by atoms with Crippen LogP contribution in [-0.4, -0.2) is 33.2 Å². The van der Waals surface area contributed by atoms with E-state index in [0.29, 0.717) is 0 Å². The highest BCUT2D eigenvalue weighted by Gasteiger charge is 2.15. The summed E-state index contributed by atoms with van der Waals surface area (Å²) >= 11 is 0. The monoisotopic (exact) mass is 384 g/mol. The van der Waals surface area contributed by atoms with Gasteiger partial charge in [0.2, 0.25) is 5.91 Å². The van der Waals surface area contributed by atoms with Crippen molar-refractivity contribution in [2.45, 2.75) is 59.5 Å². The van der Waals surface area contributed by atoms with Gasteiger partial charge in [0.25, 0.3) is 0 Å². The minimum absolute atomic E-state index is 0.101. The molecule has 1 aromatic heterocycles. The molecule has 0 aliphatic carbocycles. The van der Waals surface area contributed by atoms with Gasteiger partial charge in [-0.25, -0.2) is 4.79 Å². The second-order valence-electron chi connectivity index (χ2n) is 7.35. The van der Waals surface area contributed by atoms with E-state index in [1.807, 2.05) is 32.9 Å². The molecule has 3 rings (SSSR count). The van der Waals surface area contributed by atoms with Gasteiger partial charge in [0.15, 0.2) is 5.82 Å². The predicted octanol–water partition coefficient (Wildman–Crippen LogP) is 2.37. The Bertz CT molecular complexity index is 851. The summed E-state index contributed by atoms with van der Waals surface area (Å²) in [7, 11) is 0. The molecule has 2 aromatic rings. The van der Waals surface area contributed by atoms with Crippen LogP contribution < -0.4 is 16.0 Å². The Kier molecular flexibility index (Phi) is 6.28. The van der Waals surface area contributed by atoms with E-state index >= 15 is 0 Å². The highest BCUT2D eigenvalue weighted by atomic mass is 16.2. The van der Waals surface area contributed by atoms with Gasteiger partial charge in [0.1, 0.15) is 5.82 Å². The number of urea groups is 1. The summed E-state index contributed by atoms with van der Waals surface area (Å²) in [6, 6.07) is 3.63. The standard InChI is InChI=1S/C20H28N6O2/c1-13-9-14(2)19(15(3)10-13)23-18(27)12-22-20(28)21-11-17-25-24-16-7-5-4-6-8-26(16)17/h9-10H,4-8,11-12H2,1-3H3,(H,23,27)(H2,21,22,28). The zero-order valence-corrected chi connectivity index (χ0v) is 16.8. The van der Waals surface area contributed by atoms with Crippen molar-refractivity contribution in [1.29, 1.82) is 0 Å². The van der Waals surface area contributed by atoms with Gasteiger partial charge in [0, 0.05) is 18.7 Å². The van der Waals surface area contributed by atoms with Crippen LogP contribution in [0.25, 0.3) is 0 Å². The van der Waals surface area contributed by atoms with Crippen molar-refractivity contribution < 1.29 is 9.59 Å². The van der Waals surface area contributed by atoms with Crippen LogP contribution in [-0.2, 0) is 24.3 Å². The normalized spacial score (nSPS) is 13.4. The van der Waals surface area contributed by atoms with Gasteiger partial charge in [-0.1, -0.05) is 24.1 Å². The van der Waals surface area contributed by atoms with Gasteiger partial charge in [-0.2, -0.15) is 0 Å². The molecule has 2 heterocycles. The maximum Gasteiger partial charge on any atom is 0.315 e. The topological polar surface area (TPSA) is 101 Å². The number of carbonyl (C=O) groups excluding carboxylic acids is 2. The molecular formula is C20H28N6O2. The first-order valence-electron chi connectivity index (χ1n) is 9.74. The van der Waals surface area contributed by atoms with Crippen LogP contribution in [0.5, 0.6) is 0 Å². The van der Waals surface area contributed by atoms with E-state index in [4.69, 9.17) is 0 Å². The van der Waals surface area contributed by atoms with Crippen LogP contribution in [0, 0.1) is 20.8 Å². The fourth-order valence-electron chi connectivity index (χ4n) is 3.62. The minimum atomic E-state index is -0.404. The summed E-state index contributed by atoms with van der Waals surface area (Å²) in [5.41, 5.74) is 3.95. The molecule has 0 radical (unpaired) electrons. The third kappa shape index (κ3) is 4.88. The van der Waals surface area contributed by atoms with Crippen molar-refractivity contribution in [2.24, 2.45) is 0 Å². The highest BCUT2D eigenvalue weighted by Crippen LogP contribution is 2.21. The van der Waals surface area contributed by atoms with Crippen molar-refractivity contribution >= 4 is 17.6 Å². The Morgan fingerprint density at radius 3 is 2.54 bits per heavy atom. The van der Waals surface area contributed by atoms with Crippen LogP contribution in [0.4, 0.5) is 10.5 Å². The van der Waals surface area contributed by atoms with Crippen molar-refractivity contribution in [2.75, 3.05) is 11.9 Å². The van der Waals surface area contributed by atoms with Gasteiger partial charge < -0.3 is 20.5 Å². The molecule has 0 saturated carbocycles.